The van der Waals surface area contributed by atoms with Gasteiger partial charge in [-0.15, -0.1) is 0 Å². The standard InChI is InChI=1S/C16H11BrFNO2S/c17-13-4-7-15-12(9-13)3-8-16(19-15)22(20,21)10-11-1-5-14(18)6-2-11/h1-9H,10H2. The van der Waals surface area contributed by atoms with E-state index in [0.717, 1.165) is 9.86 Å². The summed E-state index contributed by atoms with van der Waals surface area (Å²) in [5, 5.41) is 0.877. The van der Waals surface area contributed by atoms with Gasteiger partial charge in [0.2, 0.25) is 0 Å². The number of sulfone groups is 1. The predicted octanol–water partition coefficient (Wildman–Crippen LogP) is 4.11. The maximum atomic E-state index is 12.9. The van der Waals surface area contributed by atoms with Gasteiger partial charge >= 0.3 is 0 Å². The van der Waals surface area contributed by atoms with Crippen molar-refractivity contribution in [3.63, 3.8) is 0 Å². The molecule has 0 N–H and O–H groups in total. The van der Waals surface area contributed by atoms with Crippen LogP contribution in [0.1, 0.15) is 5.56 Å². The van der Waals surface area contributed by atoms with Crippen LogP contribution in [0.15, 0.2) is 64.1 Å². The summed E-state index contributed by atoms with van der Waals surface area (Å²) in [7, 11) is -3.57. The first-order valence-corrected chi connectivity index (χ1v) is 8.92. The Morgan fingerprint density at radius 2 is 1.73 bits per heavy atom. The number of fused-ring (bicyclic) bond motifs is 1. The second kappa shape index (κ2) is 5.78. The fourth-order valence-electron chi connectivity index (χ4n) is 2.12. The summed E-state index contributed by atoms with van der Waals surface area (Å²) in [5.41, 5.74) is 1.14. The molecular formula is C16H11BrFNO2S. The summed E-state index contributed by atoms with van der Waals surface area (Å²) in [4.78, 5) is 4.22. The molecule has 22 heavy (non-hydrogen) atoms. The van der Waals surface area contributed by atoms with E-state index in [9.17, 15) is 12.8 Å². The van der Waals surface area contributed by atoms with Gasteiger partial charge in [0.05, 0.1) is 11.3 Å². The van der Waals surface area contributed by atoms with E-state index in [1.54, 1.807) is 12.1 Å². The van der Waals surface area contributed by atoms with E-state index < -0.39 is 15.7 Å². The van der Waals surface area contributed by atoms with Crippen LogP contribution in [-0.2, 0) is 15.6 Å². The minimum atomic E-state index is -3.57. The van der Waals surface area contributed by atoms with Crippen molar-refractivity contribution in [2.24, 2.45) is 0 Å². The predicted molar refractivity (Wildman–Crippen MR) is 86.7 cm³/mol. The van der Waals surface area contributed by atoms with Crippen molar-refractivity contribution in [3.8, 4) is 0 Å². The molecule has 0 fully saturated rings. The summed E-state index contributed by atoms with van der Waals surface area (Å²) in [6, 6.07) is 14.1. The van der Waals surface area contributed by atoms with Crippen LogP contribution in [0.2, 0.25) is 0 Å². The highest BCUT2D eigenvalue weighted by molar-refractivity contribution is 9.10. The Labute approximate surface area is 135 Å². The first kappa shape index (κ1) is 15.1. The first-order valence-electron chi connectivity index (χ1n) is 6.47. The van der Waals surface area contributed by atoms with Crippen molar-refractivity contribution in [1.82, 2.24) is 4.98 Å². The van der Waals surface area contributed by atoms with Crippen LogP contribution in [0.5, 0.6) is 0 Å². The normalized spacial score (nSPS) is 11.7. The monoisotopic (exact) mass is 379 g/mol. The van der Waals surface area contributed by atoms with Crippen molar-refractivity contribution in [2.75, 3.05) is 0 Å². The number of nitrogens with zero attached hydrogens (tertiary/aromatic N) is 1. The molecule has 0 saturated heterocycles. The van der Waals surface area contributed by atoms with E-state index in [-0.39, 0.29) is 10.8 Å². The minimum Gasteiger partial charge on any atom is -0.236 e. The van der Waals surface area contributed by atoms with E-state index in [0.29, 0.717) is 11.1 Å². The molecule has 0 radical (unpaired) electrons. The van der Waals surface area contributed by atoms with Gasteiger partial charge in [-0.05, 0) is 48.0 Å². The van der Waals surface area contributed by atoms with Crippen molar-refractivity contribution >= 4 is 36.7 Å². The topological polar surface area (TPSA) is 47.0 Å². The number of benzene rings is 2. The van der Waals surface area contributed by atoms with Gasteiger partial charge in [-0.25, -0.2) is 17.8 Å². The Hall–Kier alpha value is -1.79. The van der Waals surface area contributed by atoms with Gasteiger partial charge in [-0.2, -0.15) is 0 Å². The lowest BCUT2D eigenvalue weighted by Gasteiger charge is -2.06. The maximum Gasteiger partial charge on any atom is 0.199 e. The molecule has 0 bridgehead atoms. The summed E-state index contributed by atoms with van der Waals surface area (Å²) in [6.07, 6.45) is 0. The molecule has 3 nitrogen and oxygen atoms in total. The average Bonchev–Trinajstić information content (AvgIpc) is 2.49. The lowest BCUT2D eigenvalue weighted by Crippen LogP contribution is -2.07. The van der Waals surface area contributed by atoms with Crippen molar-refractivity contribution < 1.29 is 12.8 Å². The molecule has 112 valence electrons. The fraction of sp³-hybridized carbons (Fsp3) is 0.0625. The summed E-state index contributed by atoms with van der Waals surface area (Å²) in [6.45, 7) is 0. The third-order valence-electron chi connectivity index (χ3n) is 3.21. The molecule has 0 unspecified atom stereocenters. The smallest absolute Gasteiger partial charge is 0.199 e. The quantitative estimate of drug-likeness (QED) is 0.687. The van der Waals surface area contributed by atoms with E-state index in [4.69, 9.17) is 0 Å². The molecule has 1 heterocycles. The molecule has 2 aromatic carbocycles. The molecule has 0 saturated carbocycles. The highest BCUT2D eigenvalue weighted by atomic mass is 79.9. The van der Waals surface area contributed by atoms with Gasteiger partial charge < -0.3 is 0 Å². The maximum absolute atomic E-state index is 12.9. The zero-order chi connectivity index (χ0) is 15.7. The van der Waals surface area contributed by atoms with E-state index >= 15 is 0 Å². The molecule has 3 rings (SSSR count). The van der Waals surface area contributed by atoms with Gasteiger partial charge in [0, 0.05) is 9.86 Å². The Morgan fingerprint density at radius 3 is 2.45 bits per heavy atom. The van der Waals surface area contributed by atoms with Gasteiger partial charge in [0.15, 0.2) is 14.9 Å². The molecule has 6 heteroatoms. The molecule has 3 aromatic rings. The van der Waals surface area contributed by atoms with Gasteiger partial charge in [-0.3, -0.25) is 0 Å². The highest BCUT2D eigenvalue weighted by Crippen LogP contribution is 2.22. The molecule has 1 aromatic heterocycles. The van der Waals surface area contributed by atoms with Gasteiger partial charge in [0.25, 0.3) is 0 Å². The second-order valence-corrected chi connectivity index (χ2v) is 7.72. The number of hydrogen-bond donors (Lipinski definition) is 0. The Balaban J connectivity index is 1.97. The van der Waals surface area contributed by atoms with Gasteiger partial charge in [0.1, 0.15) is 5.82 Å². The summed E-state index contributed by atoms with van der Waals surface area (Å²) in [5.74, 6) is -0.599. The number of aromatic nitrogens is 1. The lowest BCUT2D eigenvalue weighted by atomic mass is 10.2. The zero-order valence-corrected chi connectivity index (χ0v) is 13.7. The van der Waals surface area contributed by atoms with E-state index in [1.165, 1.54) is 30.3 Å². The minimum absolute atomic E-state index is 0.0200. The highest BCUT2D eigenvalue weighted by Gasteiger charge is 2.17. The number of rotatable bonds is 3. The third-order valence-corrected chi connectivity index (χ3v) is 5.29. The fourth-order valence-corrected chi connectivity index (χ4v) is 3.80. The second-order valence-electron chi connectivity index (χ2n) is 4.87. The van der Waals surface area contributed by atoms with Crippen LogP contribution >= 0.6 is 15.9 Å². The molecule has 0 spiro atoms. The van der Waals surface area contributed by atoms with Crippen LogP contribution in [0, 0.1) is 5.82 Å². The number of pyridine rings is 1. The van der Waals surface area contributed by atoms with E-state index in [1.807, 2.05) is 12.1 Å². The molecular weight excluding hydrogens is 369 g/mol. The van der Waals surface area contributed by atoms with Crippen LogP contribution in [-0.4, -0.2) is 13.4 Å². The molecule has 0 amide bonds. The lowest BCUT2D eigenvalue weighted by molar-refractivity contribution is 0.591. The van der Waals surface area contributed by atoms with Crippen LogP contribution in [0.4, 0.5) is 4.39 Å². The number of halogens is 2. The van der Waals surface area contributed by atoms with E-state index in [2.05, 4.69) is 20.9 Å². The van der Waals surface area contributed by atoms with Crippen molar-refractivity contribution in [3.05, 3.63) is 70.5 Å². The van der Waals surface area contributed by atoms with Crippen LogP contribution in [0.3, 0.4) is 0 Å². The Bertz CT molecular complexity index is 940. The zero-order valence-electron chi connectivity index (χ0n) is 11.3. The molecule has 0 aliphatic carbocycles. The Morgan fingerprint density at radius 1 is 1.00 bits per heavy atom. The first-order chi connectivity index (χ1) is 10.4. The van der Waals surface area contributed by atoms with Crippen LogP contribution in [0.25, 0.3) is 10.9 Å². The summed E-state index contributed by atoms with van der Waals surface area (Å²) < 4.78 is 38.7. The average molecular weight is 380 g/mol. The Kier molecular flexibility index (Phi) is 3.97. The van der Waals surface area contributed by atoms with Gasteiger partial charge in [-0.1, -0.05) is 28.1 Å². The summed E-state index contributed by atoms with van der Waals surface area (Å²) >= 11 is 3.36. The van der Waals surface area contributed by atoms with Crippen molar-refractivity contribution in [2.45, 2.75) is 10.8 Å². The third kappa shape index (κ3) is 3.18. The SMILES string of the molecule is O=S(=O)(Cc1ccc(F)cc1)c1ccc2cc(Br)ccc2n1. The molecule has 0 aliphatic rings. The van der Waals surface area contributed by atoms with Crippen LogP contribution < -0.4 is 0 Å². The number of hydrogen-bond acceptors (Lipinski definition) is 3. The molecule has 0 aliphatic heterocycles. The largest absolute Gasteiger partial charge is 0.236 e. The van der Waals surface area contributed by atoms with Crippen molar-refractivity contribution in [1.29, 1.82) is 0 Å². The molecule has 0 atom stereocenters.